The van der Waals surface area contributed by atoms with Gasteiger partial charge in [-0.1, -0.05) is 0 Å². The van der Waals surface area contributed by atoms with Crippen LogP contribution in [0.25, 0.3) is 0 Å². The molecule has 1 rings (SSSR count). The Morgan fingerprint density at radius 3 is 2.64 bits per heavy atom. The van der Waals surface area contributed by atoms with Gasteiger partial charge in [-0.15, -0.1) is 0 Å². The van der Waals surface area contributed by atoms with E-state index in [1.54, 1.807) is 6.92 Å². The van der Waals surface area contributed by atoms with Crippen LogP contribution in [-0.4, -0.2) is 41.8 Å². The molecule has 1 fully saturated rings. The van der Waals surface area contributed by atoms with Crippen molar-refractivity contribution in [1.82, 2.24) is 4.90 Å². The van der Waals surface area contributed by atoms with Gasteiger partial charge < -0.3 is 4.90 Å². The Labute approximate surface area is 72.3 Å². The largest absolute Gasteiger partial charge is 0.301 e. The molecule has 0 atom stereocenters. The van der Waals surface area contributed by atoms with E-state index in [4.69, 9.17) is 0 Å². The van der Waals surface area contributed by atoms with Crippen molar-refractivity contribution in [3.63, 3.8) is 0 Å². The highest BCUT2D eigenvalue weighted by Gasteiger charge is 2.09. The molecule has 0 bridgehead atoms. The second-order valence-electron chi connectivity index (χ2n) is 2.91. The van der Waals surface area contributed by atoms with Crippen LogP contribution < -0.4 is 0 Å². The van der Waals surface area contributed by atoms with E-state index in [0.29, 0.717) is 5.78 Å². The van der Waals surface area contributed by atoms with Crippen LogP contribution in [0, 0.1) is 0 Å². The number of carbonyl (C=O) groups is 1. The molecule has 1 aliphatic heterocycles. The predicted molar refractivity (Wildman–Crippen MR) is 49.1 cm³/mol. The molecular weight excluding hydrogens is 158 g/mol. The van der Waals surface area contributed by atoms with Crippen LogP contribution in [0.4, 0.5) is 0 Å². The highest BCUT2D eigenvalue weighted by Crippen LogP contribution is 2.08. The number of ketones is 1. The van der Waals surface area contributed by atoms with Gasteiger partial charge in [0.1, 0.15) is 5.78 Å². The lowest BCUT2D eigenvalue weighted by Gasteiger charge is -2.25. The maximum Gasteiger partial charge on any atom is 0.131 e. The molecule has 0 N–H and O–H groups in total. The van der Waals surface area contributed by atoms with Crippen molar-refractivity contribution in [1.29, 1.82) is 0 Å². The molecule has 0 aliphatic carbocycles. The molecule has 0 aromatic carbocycles. The van der Waals surface area contributed by atoms with Crippen molar-refractivity contribution in [3.8, 4) is 0 Å². The van der Waals surface area contributed by atoms with E-state index >= 15 is 0 Å². The smallest absolute Gasteiger partial charge is 0.131 e. The zero-order valence-corrected chi connectivity index (χ0v) is 7.82. The third-order valence-corrected chi connectivity index (χ3v) is 2.83. The Balaban J connectivity index is 2.09. The average molecular weight is 173 g/mol. The molecule has 0 saturated carbocycles. The van der Waals surface area contributed by atoms with E-state index in [0.717, 1.165) is 26.1 Å². The number of Topliss-reactive ketones (excluding diaryl/α,β-unsaturated/α-hetero) is 1. The van der Waals surface area contributed by atoms with Crippen molar-refractivity contribution < 1.29 is 4.79 Å². The van der Waals surface area contributed by atoms with E-state index < -0.39 is 0 Å². The summed E-state index contributed by atoms with van der Waals surface area (Å²) in [7, 11) is 0. The van der Waals surface area contributed by atoms with E-state index in [9.17, 15) is 4.79 Å². The summed E-state index contributed by atoms with van der Waals surface area (Å²) < 4.78 is 0. The first-order chi connectivity index (χ1) is 5.29. The molecular formula is C8H15NOS. The second kappa shape index (κ2) is 4.78. The van der Waals surface area contributed by atoms with E-state index in [1.807, 2.05) is 11.8 Å². The SMILES string of the molecule is CC(=O)CCN1CCSCC1. The van der Waals surface area contributed by atoms with Crippen LogP contribution >= 0.6 is 11.8 Å². The van der Waals surface area contributed by atoms with Crippen LogP contribution in [0.2, 0.25) is 0 Å². The molecule has 2 nitrogen and oxygen atoms in total. The third-order valence-electron chi connectivity index (χ3n) is 1.88. The van der Waals surface area contributed by atoms with Gasteiger partial charge in [0.05, 0.1) is 0 Å². The summed E-state index contributed by atoms with van der Waals surface area (Å²) in [6.07, 6.45) is 0.727. The average Bonchev–Trinajstić information content (AvgIpc) is 2.03. The minimum atomic E-state index is 0.309. The molecule has 1 heterocycles. The normalized spacial score (nSPS) is 20.1. The second-order valence-corrected chi connectivity index (χ2v) is 4.13. The zero-order valence-electron chi connectivity index (χ0n) is 7.01. The molecule has 3 heteroatoms. The van der Waals surface area contributed by atoms with Gasteiger partial charge in [0.2, 0.25) is 0 Å². The Morgan fingerprint density at radius 2 is 2.09 bits per heavy atom. The van der Waals surface area contributed by atoms with Gasteiger partial charge in [-0.2, -0.15) is 11.8 Å². The maximum atomic E-state index is 10.7. The number of carbonyl (C=O) groups excluding carboxylic acids is 1. The third kappa shape index (κ3) is 3.77. The first-order valence-electron chi connectivity index (χ1n) is 4.08. The van der Waals surface area contributed by atoms with Crippen LogP contribution in [0.3, 0.4) is 0 Å². The van der Waals surface area contributed by atoms with Gasteiger partial charge in [0.15, 0.2) is 0 Å². The number of hydrogen-bond acceptors (Lipinski definition) is 3. The quantitative estimate of drug-likeness (QED) is 0.635. The molecule has 64 valence electrons. The maximum absolute atomic E-state index is 10.7. The molecule has 1 saturated heterocycles. The standard InChI is InChI=1S/C8H15NOS/c1-8(10)2-3-9-4-6-11-7-5-9/h2-7H2,1H3. The van der Waals surface area contributed by atoms with Gasteiger partial charge >= 0.3 is 0 Å². The highest BCUT2D eigenvalue weighted by atomic mass is 32.2. The van der Waals surface area contributed by atoms with Crippen molar-refractivity contribution >= 4 is 17.5 Å². The molecule has 0 radical (unpaired) electrons. The zero-order chi connectivity index (χ0) is 8.10. The van der Waals surface area contributed by atoms with Crippen molar-refractivity contribution in [2.75, 3.05) is 31.1 Å². The van der Waals surface area contributed by atoms with Gasteiger partial charge in [0, 0.05) is 37.6 Å². The fourth-order valence-electron chi connectivity index (χ4n) is 1.14. The first-order valence-corrected chi connectivity index (χ1v) is 5.24. The minimum absolute atomic E-state index is 0.309. The van der Waals surface area contributed by atoms with Gasteiger partial charge in [-0.05, 0) is 6.92 Å². The van der Waals surface area contributed by atoms with Crippen LogP contribution in [0.15, 0.2) is 0 Å². The molecule has 0 spiro atoms. The Morgan fingerprint density at radius 1 is 1.45 bits per heavy atom. The summed E-state index contributed by atoms with van der Waals surface area (Å²) in [5.41, 5.74) is 0. The summed E-state index contributed by atoms with van der Waals surface area (Å²) in [6.45, 7) is 4.96. The predicted octanol–water partition coefficient (Wildman–Crippen LogP) is 1.01. The molecule has 0 aromatic heterocycles. The fourth-order valence-corrected chi connectivity index (χ4v) is 2.12. The lowest BCUT2D eigenvalue weighted by molar-refractivity contribution is -0.117. The lowest BCUT2D eigenvalue weighted by atomic mass is 10.3. The van der Waals surface area contributed by atoms with E-state index in [2.05, 4.69) is 4.90 Å². The first kappa shape index (κ1) is 9.07. The lowest BCUT2D eigenvalue weighted by Crippen LogP contribution is -2.33. The molecule has 11 heavy (non-hydrogen) atoms. The Hall–Kier alpha value is -0.0200. The fraction of sp³-hybridized carbons (Fsp3) is 0.875. The Bertz CT molecular complexity index is 132. The summed E-state index contributed by atoms with van der Waals surface area (Å²) in [5.74, 6) is 2.78. The summed E-state index contributed by atoms with van der Waals surface area (Å²) in [6, 6.07) is 0. The van der Waals surface area contributed by atoms with Crippen LogP contribution in [-0.2, 0) is 4.79 Å². The van der Waals surface area contributed by atoms with Crippen LogP contribution in [0.1, 0.15) is 13.3 Å². The highest BCUT2D eigenvalue weighted by molar-refractivity contribution is 7.99. The summed E-state index contributed by atoms with van der Waals surface area (Å²) in [5, 5.41) is 0. The molecule has 0 unspecified atom stereocenters. The monoisotopic (exact) mass is 173 g/mol. The molecule has 0 aromatic rings. The molecule has 1 aliphatic rings. The number of hydrogen-bond donors (Lipinski definition) is 0. The van der Waals surface area contributed by atoms with E-state index in [1.165, 1.54) is 11.5 Å². The summed E-state index contributed by atoms with van der Waals surface area (Å²) >= 11 is 2.01. The topological polar surface area (TPSA) is 20.3 Å². The minimum Gasteiger partial charge on any atom is -0.301 e. The van der Waals surface area contributed by atoms with Gasteiger partial charge in [-0.25, -0.2) is 0 Å². The van der Waals surface area contributed by atoms with Crippen LogP contribution in [0.5, 0.6) is 0 Å². The Kier molecular flexibility index (Phi) is 3.94. The molecule has 0 amide bonds. The van der Waals surface area contributed by atoms with Crippen molar-refractivity contribution in [2.45, 2.75) is 13.3 Å². The number of rotatable bonds is 3. The number of thioether (sulfide) groups is 1. The summed E-state index contributed by atoms with van der Waals surface area (Å²) in [4.78, 5) is 13.0. The number of nitrogens with zero attached hydrogens (tertiary/aromatic N) is 1. The van der Waals surface area contributed by atoms with Gasteiger partial charge in [-0.3, -0.25) is 4.79 Å². The van der Waals surface area contributed by atoms with E-state index in [-0.39, 0.29) is 0 Å². The van der Waals surface area contributed by atoms with Gasteiger partial charge in [0.25, 0.3) is 0 Å². The van der Waals surface area contributed by atoms with Crippen molar-refractivity contribution in [3.05, 3.63) is 0 Å². The van der Waals surface area contributed by atoms with Crippen molar-refractivity contribution in [2.24, 2.45) is 0 Å².